The molecule has 6 heteroatoms. The van der Waals surface area contributed by atoms with Crippen molar-refractivity contribution in [2.75, 3.05) is 5.32 Å². The van der Waals surface area contributed by atoms with Gasteiger partial charge in [0, 0.05) is 11.1 Å². The van der Waals surface area contributed by atoms with Crippen LogP contribution >= 0.6 is 0 Å². The molecule has 27 heavy (non-hydrogen) atoms. The van der Waals surface area contributed by atoms with Gasteiger partial charge in [-0.3, -0.25) is 9.78 Å². The number of nitrogens with one attached hydrogen (secondary N) is 1. The third-order valence-electron chi connectivity index (χ3n) is 5.02. The molecule has 1 N–H and O–H groups in total. The van der Waals surface area contributed by atoms with Gasteiger partial charge in [0.25, 0.3) is 5.91 Å². The Hall–Kier alpha value is -2.89. The summed E-state index contributed by atoms with van der Waals surface area (Å²) in [5.41, 5.74) is 2.42. The molecule has 1 aromatic heterocycles. The van der Waals surface area contributed by atoms with Crippen LogP contribution in [0.15, 0.2) is 36.4 Å². The zero-order chi connectivity index (χ0) is 19.1. The number of pyridine rings is 1. The summed E-state index contributed by atoms with van der Waals surface area (Å²) < 4.78 is 40.7. The average molecular weight is 370 g/mol. The summed E-state index contributed by atoms with van der Waals surface area (Å²) in [5, 5.41) is 3.06. The van der Waals surface area contributed by atoms with E-state index in [0.717, 1.165) is 36.2 Å². The zero-order valence-electron chi connectivity index (χ0n) is 14.7. The first-order valence-corrected chi connectivity index (χ1v) is 8.81. The molecule has 1 atom stereocenters. The van der Waals surface area contributed by atoms with Crippen LogP contribution in [0.5, 0.6) is 0 Å². The van der Waals surface area contributed by atoms with Gasteiger partial charge in [-0.15, -0.1) is 0 Å². The number of rotatable bonds is 2. The number of carbonyl (C=O) groups excluding carboxylic acids is 1. The SMILES string of the molecule is CC1CCc2nc3ccccc3c(C(=O)Nc3ccc(F)c(F)c3F)c2C1. The van der Waals surface area contributed by atoms with E-state index < -0.39 is 29.0 Å². The monoisotopic (exact) mass is 370 g/mol. The van der Waals surface area contributed by atoms with Crippen molar-refractivity contribution in [1.29, 1.82) is 0 Å². The lowest BCUT2D eigenvalue weighted by Crippen LogP contribution is -2.22. The average Bonchev–Trinajstić information content (AvgIpc) is 2.66. The fraction of sp³-hybridized carbons (Fsp3) is 0.238. The van der Waals surface area contributed by atoms with Crippen LogP contribution in [0.4, 0.5) is 18.9 Å². The van der Waals surface area contributed by atoms with Crippen molar-refractivity contribution in [2.45, 2.75) is 26.2 Å². The standard InChI is InChI=1S/C21H17F3N2O/c1-11-6-8-16-13(10-11)18(12-4-2-3-5-15(12)25-16)21(27)26-17-9-7-14(22)19(23)20(17)24/h2-5,7,9,11H,6,8,10H2,1H3,(H,26,27). The van der Waals surface area contributed by atoms with E-state index >= 15 is 0 Å². The van der Waals surface area contributed by atoms with E-state index in [1.165, 1.54) is 0 Å². The molecule has 2 aromatic carbocycles. The van der Waals surface area contributed by atoms with Crippen LogP contribution in [0, 0.1) is 23.4 Å². The van der Waals surface area contributed by atoms with E-state index in [1.54, 1.807) is 12.1 Å². The molecule has 0 saturated heterocycles. The molecule has 1 amide bonds. The molecule has 138 valence electrons. The molecule has 4 rings (SSSR count). The number of halogens is 3. The van der Waals surface area contributed by atoms with Gasteiger partial charge in [0.1, 0.15) is 0 Å². The summed E-state index contributed by atoms with van der Waals surface area (Å²) in [6.07, 6.45) is 2.44. The maximum Gasteiger partial charge on any atom is 0.256 e. The Labute approximate surface area is 154 Å². The molecular weight excluding hydrogens is 353 g/mol. The number of aryl methyl sites for hydroxylation is 1. The molecule has 1 unspecified atom stereocenters. The molecular formula is C21H17F3N2O. The van der Waals surface area contributed by atoms with Gasteiger partial charge in [0.05, 0.1) is 16.8 Å². The van der Waals surface area contributed by atoms with Gasteiger partial charge in [-0.05, 0) is 48.9 Å². The lowest BCUT2D eigenvalue weighted by molar-refractivity contribution is 0.102. The Morgan fingerprint density at radius 3 is 2.70 bits per heavy atom. The van der Waals surface area contributed by atoms with Gasteiger partial charge >= 0.3 is 0 Å². The van der Waals surface area contributed by atoms with Crippen LogP contribution in [-0.2, 0) is 12.8 Å². The smallest absolute Gasteiger partial charge is 0.256 e. The first kappa shape index (κ1) is 17.5. The van der Waals surface area contributed by atoms with Crippen molar-refractivity contribution in [1.82, 2.24) is 4.98 Å². The number of aromatic nitrogens is 1. The number of fused-ring (bicyclic) bond motifs is 2. The van der Waals surface area contributed by atoms with Gasteiger partial charge in [-0.1, -0.05) is 25.1 Å². The molecule has 0 aliphatic heterocycles. The summed E-state index contributed by atoms with van der Waals surface area (Å²) in [5.74, 6) is -4.48. The van der Waals surface area contributed by atoms with Crippen molar-refractivity contribution in [3.8, 4) is 0 Å². The second-order valence-corrected chi connectivity index (χ2v) is 6.95. The number of nitrogens with zero attached hydrogens (tertiary/aromatic N) is 1. The molecule has 1 heterocycles. The van der Waals surface area contributed by atoms with Crippen LogP contribution < -0.4 is 5.32 Å². The first-order valence-electron chi connectivity index (χ1n) is 8.81. The Morgan fingerprint density at radius 1 is 1.11 bits per heavy atom. The minimum Gasteiger partial charge on any atom is -0.319 e. The highest BCUT2D eigenvalue weighted by Gasteiger charge is 2.26. The molecule has 0 saturated carbocycles. The highest BCUT2D eigenvalue weighted by molar-refractivity contribution is 6.13. The number of carbonyl (C=O) groups is 1. The molecule has 0 radical (unpaired) electrons. The minimum absolute atomic E-state index is 0.391. The van der Waals surface area contributed by atoms with E-state index in [4.69, 9.17) is 0 Å². The number of hydrogen-bond acceptors (Lipinski definition) is 2. The Kier molecular flexibility index (Phi) is 4.34. The predicted molar refractivity (Wildman–Crippen MR) is 97.2 cm³/mol. The van der Waals surface area contributed by atoms with Crippen molar-refractivity contribution in [2.24, 2.45) is 5.92 Å². The zero-order valence-corrected chi connectivity index (χ0v) is 14.7. The summed E-state index contributed by atoms with van der Waals surface area (Å²) in [7, 11) is 0. The molecule has 0 spiro atoms. The molecule has 1 aliphatic rings. The minimum atomic E-state index is -1.61. The third-order valence-corrected chi connectivity index (χ3v) is 5.02. The number of benzene rings is 2. The van der Waals surface area contributed by atoms with Gasteiger partial charge in [0.15, 0.2) is 17.5 Å². The van der Waals surface area contributed by atoms with Crippen LogP contribution in [0.2, 0.25) is 0 Å². The van der Waals surface area contributed by atoms with Crippen molar-refractivity contribution >= 4 is 22.5 Å². The van der Waals surface area contributed by atoms with E-state index in [1.807, 2.05) is 12.1 Å². The summed E-state index contributed by atoms with van der Waals surface area (Å²) in [4.78, 5) is 17.7. The molecule has 1 aliphatic carbocycles. The normalized spacial score (nSPS) is 16.2. The predicted octanol–water partition coefficient (Wildman–Crippen LogP) is 5.03. The highest BCUT2D eigenvalue weighted by Crippen LogP contribution is 2.32. The third kappa shape index (κ3) is 3.05. The van der Waals surface area contributed by atoms with Crippen molar-refractivity contribution in [3.05, 3.63) is 70.7 Å². The lowest BCUT2D eigenvalue weighted by atomic mass is 9.84. The van der Waals surface area contributed by atoms with E-state index in [9.17, 15) is 18.0 Å². The van der Waals surface area contributed by atoms with Gasteiger partial charge in [0.2, 0.25) is 0 Å². The first-order chi connectivity index (χ1) is 13.0. The fourth-order valence-corrected chi connectivity index (χ4v) is 3.63. The number of para-hydroxylation sites is 1. The van der Waals surface area contributed by atoms with E-state index in [-0.39, 0.29) is 0 Å². The molecule has 3 aromatic rings. The largest absolute Gasteiger partial charge is 0.319 e. The summed E-state index contributed by atoms with van der Waals surface area (Å²) in [6.45, 7) is 2.11. The van der Waals surface area contributed by atoms with E-state index in [0.29, 0.717) is 28.8 Å². The molecule has 3 nitrogen and oxygen atoms in total. The maximum atomic E-state index is 14.0. The summed E-state index contributed by atoms with van der Waals surface area (Å²) >= 11 is 0. The van der Waals surface area contributed by atoms with Gasteiger partial charge in [-0.2, -0.15) is 0 Å². The van der Waals surface area contributed by atoms with Gasteiger partial charge in [-0.25, -0.2) is 13.2 Å². The number of anilines is 1. The quantitative estimate of drug-likeness (QED) is 0.643. The summed E-state index contributed by atoms with van der Waals surface area (Å²) in [6, 6.07) is 9.06. The van der Waals surface area contributed by atoms with E-state index in [2.05, 4.69) is 17.2 Å². The Morgan fingerprint density at radius 2 is 1.89 bits per heavy atom. The van der Waals surface area contributed by atoms with Crippen molar-refractivity contribution < 1.29 is 18.0 Å². The number of amides is 1. The van der Waals surface area contributed by atoms with Crippen LogP contribution in [-0.4, -0.2) is 10.9 Å². The molecule has 0 bridgehead atoms. The second-order valence-electron chi connectivity index (χ2n) is 6.95. The van der Waals surface area contributed by atoms with Crippen molar-refractivity contribution in [3.63, 3.8) is 0 Å². The Balaban J connectivity index is 1.84. The fourth-order valence-electron chi connectivity index (χ4n) is 3.63. The molecule has 0 fully saturated rings. The topological polar surface area (TPSA) is 42.0 Å². The van der Waals surface area contributed by atoms with Crippen LogP contribution in [0.25, 0.3) is 10.9 Å². The highest BCUT2D eigenvalue weighted by atomic mass is 19.2. The second kappa shape index (κ2) is 6.68. The van der Waals surface area contributed by atoms with Gasteiger partial charge < -0.3 is 5.32 Å². The van der Waals surface area contributed by atoms with Crippen LogP contribution in [0.3, 0.4) is 0 Å². The maximum absolute atomic E-state index is 14.0. The Bertz CT molecular complexity index is 1060. The lowest BCUT2D eigenvalue weighted by Gasteiger charge is -2.24. The number of hydrogen-bond donors (Lipinski definition) is 1. The van der Waals surface area contributed by atoms with Crippen LogP contribution in [0.1, 0.15) is 35.0 Å².